The Balaban J connectivity index is 1.71. The molecule has 1 unspecified atom stereocenters. The summed E-state index contributed by atoms with van der Waals surface area (Å²) >= 11 is 6.27. The molecule has 2 fully saturated rings. The van der Waals surface area contributed by atoms with E-state index in [1.807, 2.05) is 0 Å². The Morgan fingerprint density at radius 2 is 2.32 bits per heavy atom. The second-order valence-corrected chi connectivity index (χ2v) is 5.81. The van der Waals surface area contributed by atoms with Crippen LogP contribution in [0.2, 0.25) is 5.02 Å². The van der Waals surface area contributed by atoms with Gasteiger partial charge in [0.2, 0.25) is 5.91 Å². The van der Waals surface area contributed by atoms with Crippen LogP contribution in [0.3, 0.4) is 0 Å². The van der Waals surface area contributed by atoms with Crippen molar-refractivity contribution in [1.29, 1.82) is 0 Å². The Morgan fingerprint density at radius 1 is 1.45 bits per heavy atom. The van der Waals surface area contributed by atoms with Gasteiger partial charge in [0.15, 0.2) is 0 Å². The van der Waals surface area contributed by atoms with E-state index in [4.69, 9.17) is 16.3 Å². The molecule has 3 rings (SSSR count). The Kier molecular flexibility index (Phi) is 4.61. The summed E-state index contributed by atoms with van der Waals surface area (Å²) in [6.45, 7) is 1.92. The predicted octanol–water partition coefficient (Wildman–Crippen LogP) is 1.39. The van der Waals surface area contributed by atoms with Crippen LogP contribution in [0.15, 0.2) is 18.2 Å². The molecule has 6 nitrogen and oxygen atoms in total. The standard InChI is InChI=1S/C15H18ClN3O3/c16-11-8-10(18-15(21)12-2-1-5-17-12)3-4-13(11)19-6-7-22-9-14(19)20/h3-4,8,12,17H,1-2,5-7,9H2,(H,18,21). The van der Waals surface area contributed by atoms with Crippen molar-refractivity contribution < 1.29 is 14.3 Å². The lowest BCUT2D eigenvalue weighted by Gasteiger charge is -2.27. The van der Waals surface area contributed by atoms with Crippen molar-refractivity contribution in [3.8, 4) is 0 Å². The summed E-state index contributed by atoms with van der Waals surface area (Å²) in [5.41, 5.74) is 1.28. The highest BCUT2D eigenvalue weighted by Crippen LogP contribution is 2.30. The predicted molar refractivity (Wildman–Crippen MR) is 84.3 cm³/mol. The van der Waals surface area contributed by atoms with Gasteiger partial charge in [0, 0.05) is 12.2 Å². The molecular formula is C15H18ClN3O3. The van der Waals surface area contributed by atoms with Crippen molar-refractivity contribution in [2.75, 3.05) is 36.5 Å². The number of benzene rings is 1. The molecule has 2 amide bonds. The fourth-order valence-electron chi connectivity index (χ4n) is 2.71. The van der Waals surface area contributed by atoms with Crippen molar-refractivity contribution in [3.63, 3.8) is 0 Å². The highest BCUT2D eigenvalue weighted by atomic mass is 35.5. The minimum atomic E-state index is -0.140. The molecular weight excluding hydrogens is 306 g/mol. The molecule has 0 radical (unpaired) electrons. The highest BCUT2D eigenvalue weighted by Gasteiger charge is 2.24. The zero-order valence-corrected chi connectivity index (χ0v) is 12.9. The summed E-state index contributed by atoms with van der Waals surface area (Å²) < 4.78 is 5.11. The van der Waals surface area contributed by atoms with Crippen LogP contribution in [0.1, 0.15) is 12.8 Å². The van der Waals surface area contributed by atoms with E-state index < -0.39 is 0 Å². The zero-order valence-electron chi connectivity index (χ0n) is 12.1. The van der Waals surface area contributed by atoms with Gasteiger partial charge in [-0.1, -0.05) is 11.6 Å². The van der Waals surface area contributed by atoms with E-state index in [0.717, 1.165) is 19.4 Å². The molecule has 0 saturated carbocycles. The quantitative estimate of drug-likeness (QED) is 0.882. The van der Waals surface area contributed by atoms with E-state index in [2.05, 4.69) is 10.6 Å². The van der Waals surface area contributed by atoms with Gasteiger partial charge >= 0.3 is 0 Å². The van der Waals surface area contributed by atoms with Crippen molar-refractivity contribution in [2.24, 2.45) is 0 Å². The number of anilines is 2. The monoisotopic (exact) mass is 323 g/mol. The van der Waals surface area contributed by atoms with Gasteiger partial charge in [-0.25, -0.2) is 0 Å². The zero-order chi connectivity index (χ0) is 15.5. The lowest BCUT2D eigenvalue weighted by atomic mass is 10.2. The lowest BCUT2D eigenvalue weighted by molar-refractivity contribution is -0.125. The SMILES string of the molecule is O=C(Nc1ccc(N2CCOCC2=O)c(Cl)c1)C1CCCN1. The van der Waals surface area contributed by atoms with Crippen LogP contribution in [-0.4, -0.2) is 44.2 Å². The molecule has 0 aromatic heterocycles. The van der Waals surface area contributed by atoms with Crippen LogP contribution >= 0.6 is 11.6 Å². The largest absolute Gasteiger partial charge is 0.370 e. The Hall–Kier alpha value is -1.63. The molecule has 2 heterocycles. The Bertz CT molecular complexity index is 587. The molecule has 2 aliphatic rings. The number of nitrogens with one attached hydrogen (secondary N) is 2. The van der Waals surface area contributed by atoms with Crippen LogP contribution in [0.4, 0.5) is 11.4 Å². The molecule has 2 saturated heterocycles. The molecule has 2 N–H and O–H groups in total. The number of hydrogen-bond acceptors (Lipinski definition) is 4. The average Bonchev–Trinajstić information content (AvgIpc) is 3.03. The second kappa shape index (κ2) is 6.64. The fourth-order valence-corrected chi connectivity index (χ4v) is 3.00. The van der Waals surface area contributed by atoms with Crippen LogP contribution in [0.25, 0.3) is 0 Å². The number of hydrogen-bond donors (Lipinski definition) is 2. The van der Waals surface area contributed by atoms with E-state index in [1.54, 1.807) is 23.1 Å². The maximum atomic E-state index is 12.1. The Morgan fingerprint density at radius 3 is 3.00 bits per heavy atom. The van der Waals surface area contributed by atoms with Gasteiger partial charge in [-0.15, -0.1) is 0 Å². The number of halogens is 1. The van der Waals surface area contributed by atoms with Gasteiger partial charge in [-0.05, 0) is 37.6 Å². The topological polar surface area (TPSA) is 70.7 Å². The van der Waals surface area contributed by atoms with Gasteiger partial charge in [0.1, 0.15) is 6.61 Å². The summed E-state index contributed by atoms with van der Waals surface area (Å²) in [6.07, 6.45) is 1.86. The molecule has 22 heavy (non-hydrogen) atoms. The van der Waals surface area contributed by atoms with E-state index in [0.29, 0.717) is 29.5 Å². The number of rotatable bonds is 3. The maximum Gasteiger partial charge on any atom is 0.253 e. The summed E-state index contributed by atoms with van der Waals surface area (Å²) in [6, 6.07) is 5.05. The van der Waals surface area contributed by atoms with E-state index in [-0.39, 0.29) is 24.5 Å². The molecule has 118 valence electrons. The number of carbonyl (C=O) groups excluding carboxylic acids is 2. The smallest absolute Gasteiger partial charge is 0.253 e. The van der Waals surface area contributed by atoms with Crippen LogP contribution < -0.4 is 15.5 Å². The van der Waals surface area contributed by atoms with Crippen LogP contribution in [0, 0.1) is 0 Å². The van der Waals surface area contributed by atoms with Crippen LogP contribution in [-0.2, 0) is 14.3 Å². The first-order valence-corrected chi connectivity index (χ1v) is 7.75. The summed E-state index contributed by atoms with van der Waals surface area (Å²) in [5, 5.41) is 6.44. The third-order valence-corrected chi connectivity index (χ3v) is 4.17. The average molecular weight is 324 g/mol. The summed E-state index contributed by atoms with van der Waals surface area (Å²) in [5.74, 6) is -0.163. The van der Waals surface area contributed by atoms with Gasteiger partial charge < -0.3 is 20.3 Å². The van der Waals surface area contributed by atoms with Gasteiger partial charge in [0.25, 0.3) is 5.91 Å². The van der Waals surface area contributed by atoms with Gasteiger partial charge in [-0.3, -0.25) is 9.59 Å². The Labute approximate surface area is 133 Å². The fraction of sp³-hybridized carbons (Fsp3) is 0.467. The number of ether oxygens (including phenoxy) is 1. The van der Waals surface area contributed by atoms with Crippen molar-refractivity contribution in [1.82, 2.24) is 5.32 Å². The van der Waals surface area contributed by atoms with Crippen molar-refractivity contribution in [2.45, 2.75) is 18.9 Å². The first-order chi connectivity index (χ1) is 10.6. The number of carbonyl (C=O) groups is 2. The minimum absolute atomic E-state index is 0.0521. The molecule has 1 aromatic carbocycles. The highest BCUT2D eigenvalue weighted by molar-refractivity contribution is 6.34. The molecule has 1 atom stereocenters. The molecule has 7 heteroatoms. The third-order valence-electron chi connectivity index (χ3n) is 3.87. The number of morpholine rings is 1. The van der Waals surface area contributed by atoms with Gasteiger partial charge in [-0.2, -0.15) is 0 Å². The first-order valence-electron chi connectivity index (χ1n) is 7.37. The molecule has 2 aliphatic heterocycles. The molecule has 1 aromatic rings. The molecule has 0 bridgehead atoms. The maximum absolute atomic E-state index is 12.1. The summed E-state index contributed by atoms with van der Waals surface area (Å²) in [4.78, 5) is 25.5. The second-order valence-electron chi connectivity index (χ2n) is 5.40. The lowest BCUT2D eigenvalue weighted by Crippen LogP contribution is -2.41. The van der Waals surface area contributed by atoms with E-state index in [9.17, 15) is 9.59 Å². The number of amides is 2. The number of nitrogens with zero attached hydrogens (tertiary/aromatic N) is 1. The van der Waals surface area contributed by atoms with Crippen molar-refractivity contribution >= 4 is 34.8 Å². The summed E-state index contributed by atoms with van der Waals surface area (Å²) in [7, 11) is 0. The first kappa shape index (κ1) is 15.3. The minimum Gasteiger partial charge on any atom is -0.370 e. The van der Waals surface area contributed by atoms with E-state index >= 15 is 0 Å². The van der Waals surface area contributed by atoms with Crippen molar-refractivity contribution in [3.05, 3.63) is 23.2 Å². The van der Waals surface area contributed by atoms with Gasteiger partial charge in [0.05, 0.1) is 23.4 Å². The van der Waals surface area contributed by atoms with Crippen LogP contribution in [0.5, 0.6) is 0 Å². The van der Waals surface area contributed by atoms with E-state index in [1.165, 1.54) is 0 Å². The molecule has 0 aliphatic carbocycles. The molecule has 0 spiro atoms. The third kappa shape index (κ3) is 3.24. The normalized spacial score (nSPS) is 22.0.